The van der Waals surface area contributed by atoms with E-state index in [9.17, 15) is 19.2 Å². The molecule has 0 aromatic rings. The Morgan fingerprint density at radius 3 is 1.20 bits per heavy atom. The maximum absolute atomic E-state index is 11.7. The standard InChI is InChI=1S/C18H36N6O4S2/c19-23-17(27)9-5-1-3-7-15(25)21-11-13-29-30-14-12-22-16(26)8-4-2-6-10-18(28)24-20/h1-14,19-20H2,(H,21,25)(H,22,26)(H,23,27)(H,24,28). The molecule has 0 rings (SSSR count). The summed E-state index contributed by atoms with van der Waals surface area (Å²) < 4.78 is 0. The second kappa shape index (κ2) is 20.8. The first-order valence-electron chi connectivity index (χ1n) is 10.3. The summed E-state index contributed by atoms with van der Waals surface area (Å²) in [5.74, 6) is 11.3. The molecule has 0 spiro atoms. The molecule has 0 heterocycles. The van der Waals surface area contributed by atoms with E-state index in [0.717, 1.165) is 50.0 Å². The molecule has 174 valence electrons. The zero-order valence-corrected chi connectivity index (χ0v) is 19.1. The predicted molar refractivity (Wildman–Crippen MR) is 122 cm³/mol. The summed E-state index contributed by atoms with van der Waals surface area (Å²) in [7, 11) is 3.32. The zero-order valence-electron chi connectivity index (χ0n) is 17.5. The Bertz CT molecular complexity index is 467. The van der Waals surface area contributed by atoms with E-state index < -0.39 is 0 Å². The van der Waals surface area contributed by atoms with Crippen LogP contribution in [0.25, 0.3) is 0 Å². The summed E-state index contributed by atoms with van der Waals surface area (Å²) in [6.45, 7) is 1.22. The fourth-order valence-electron chi connectivity index (χ4n) is 2.40. The summed E-state index contributed by atoms with van der Waals surface area (Å²) in [5.41, 5.74) is 4.16. The smallest absolute Gasteiger partial charge is 0.233 e. The Morgan fingerprint density at radius 2 is 0.867 bits per heavy atom. The van der Waals surface area contributed by atoms with Gasteiger partial charge in [-0.1, -0.05) is 34.4 Å². The Labute approximate surface area is 186 Å². The van der Waals surface area contributed by atoms with Gasteiger partial charge >= 0.3 is 0 Å². The Kier molecular flexibility index (Phi) is 19.7. The summed E-state index contributed by atoms with van der Waals surface area (Å²) in [5, 5.41) is 5.75. The first kappa shape index (κ1) is 28.5. The third-order valence-electron chi connectivity index (χ3n) is 4.04. The molecule has 0 aliphatic rings. The van der Waals surface area contributed by atoms with Crippen LogP contribution < -0.4 is 33.2 Å². The van der Waals surface area contributed by atoms with Crippen LogP contribution in [0.1, 0.15) is 64.2 Å². The molecular weight excluding hydrogens is 428 g/mol. The third kappa shape index (κ3) is 19.8. The fourth-order valence-corrected chi connectivity index (χ4v) is 4.21. The first-order valence-corrected chi connectivity index (χ1v) is 12.7. The number of unbranched alkanes of at least 4 members (excludes halogenated alkanes) is 4. The van der Waals surface area contributed by atoms with Crippen molar-refractivity contribution >= 4 is 45.2 Å². The molecule has 0 saturated heterocycles. The van der Waals surface area contributed by atoms with Crippen molar-refractivity contribution in [2.24, 2.45) is 11.7 Å². The van der Waals surface area contributed by atoms with Crippen molar-refractivity contribution in [3.8, 4) is 0 Å². The van der Waals surface area contributed by atoms with Gasteiger partial charge < -0.3 is 10.6 Å². The van der Waals surface area contributed by atoms with Crippen molar-refractivity contribution in [2.75, 3.05) is 24.6 Å². The van der Waals surface area contributed by atoms with E-state index >= 15 is 0 Å². The summed E-state index contributed by atoms with van der Waals surface area (Å²) in [6.07, 6.45) is 6.33. The summed E-state index contributed by atoms with van der Waals surface area (Å²) in [4.78, 5) is 45.3. The van der Waals surface area contributed by atoms with Crippen LogP contribution in [0.4, 0.5) is 0 Å². The van der Waals surface area contributed by atoms with Crippen LogP contribution in [0.5, 0.6) is 0 Å². The number of nitrogens with two attached hydrogens (primary N) is 2. The molecule has 0 saturated carbocycles. The molecule has 0 atom stereocenters. The van der Waals surface area contributed by atoms with Gasteiger partial charge in [-0.3, -0.25) is 30.0 Å². The molecule has 8 N–H and O–H groups in total. The van der Waals surface area contributed by atoms with Crippen molar-refractivity contribution in [3.63, 3.8) is 0 Å². The van der Waals surface area contributed by atoms with Crippen LogP contribution in [-0.2, 0) is 19.2 Å². The molecule has 0 aromatic heterocycles. The lowest BCUT2D eigenvalue weighted by atomic mass is 10.1. The molecule has 30 heavy (non-hydrogen) atoms. The highest BCUT2D eigenvalue weighted by Gasteiger charge is 2.04. The van der Waals surface area contributed by atoms with Crippen molar-refractivity contribution < 1.29 is 19.2 Å². The van der Waals surface area contributed by atoms with Gasteiger partial charge in [-0.2, -0.15) is 0 Å². The molecule has 0 fully saturated rings. The van der Waals surface area contributed by atoms with Crippen molar-refractivity contribution in [1.82, 2.24) is 21.5 Å². The highest BCUT2D eigenvalue weighted by Crippen LogP contribution is 2.19. The molecule has 0 radical (unpaired) electrons. The minimum absolute atomic E-state index is 0.0276. The lowest BCUT2D eigenvalue weighted by molar-refractivity contribution is -0.122. The van der Waals surface area contributed by atoms with Gasteiger partial charge in [0.2, 0.25) is 23.6 Å². The number of nitrogens with one attached hydrogen (secondary N) is 4. The number of hydrogen-bond donors (Lipinski definition) is 6. The molecule has 10 nitrogen and oxygen atoms in total. The van der Waals surface area contributed by atoms with Gasteiger partial charge in [0, 0.05) is 50.3 Å². The second-order valence-electron chi connectivity index (χ2n) is 6.60. The normalized spacial score (nSPS) is 10.3. The van der Waals surface area contributed by atoms with Gasteiger partial charge in [0.15, 0.2) is 0 Å². The molecule has 4 amide bonds. The van der Waals surface area contributed by atoms with E-state index in [1.54, 1.807) is 21.6 Å². The third-order valence-corrected chi connectivity index (χ3v) is 6.44. The fraction of sp³-hybridized carbons (Fsp3) is 0.778. The van der Waals surface area contributed by atoms with Gasteiger partial charge in [0.1, 0.15) is 0 Å². The van der Waals surface area contributed by atoms with Crippen molar-refractivity contribution in [1.29, 1.82) is 0 Å². The van der Waals surface area contributed by atoms with Crippen LogP contribution in [0.15, 0.2) is 0 Å². The number of hydrazine groups is 2. The minimum atomic E-state index is -0.181. The molecule has 12 heteroatoms. The van der Waals surface area contributed by atoms with Gasteiger partial charge in [0.25, 0.3) is 0 Å². The molecule has 0 aromatic carbocycles. The summed E-state index contributed by atoms with van der Waals surface area (Å²) in [6, 6.07) is 0. The van der Waals surface area contributed by atoms with Crippen molar-refractivity contribution in [2.45, 2.75) is 64.2 Å². The number of rotatable bonds is 19. The van der Waals surface area contributed by atoms with Gasteiger partial charge in [-0.15, -0.1) is 0 Å². The quantitative estimate of drug-likeness (QED) is 0.0527. The minimum Gasteiger partial charge on any atom is -0.355 e. The molecule has 0 bridgehead atoms. The lowest BCUT2D eigenvalue weighted by Crippen LogP contribution is -2.29. The van der Waals surface area contributed by atoms with Crippen molar-refractivity contribution in [3.05, 3.63) is 0 Å². The summed E-state index contributed by atoms with van der Waals surface area (Å²) >= 11 is 0. The molecular formula is C18H36N6O4S2. The van der Waals surface area contributed by atoms with Gasteiger partial charge in [-0.05, 0) is 25.7 Å². The molecule has 0 unspecified atom stereocenters. The monoisotopic (exact) mass is 464 g/mol. The van der Waals surface area contributed by atoms with E-state index in [0.29, 0.717) is 38.8 Å². The maximum Gasteiger partial charge on any atom is 0.233 e. The highest BCUT2D eigenvalue weighted by atomic mass is 33.1. The average Bonchev–Trinajstić information content (AvgIpc) is 2.74. The zero-order chi connectivity index (χ0) is 22.5. The molecule has 0 aliphatic heterocycles. The van der Waals surface area contributed by atoms with Crippen LogP contribution in [0, 0.1) is 0 Å². The maximum atomic E-state index is 11.7. The van der Waals surface area contributed by atoms with Crippen LogP contribution in [-0.4, -0.2) is 48.2 Å². The number of carbonyl (C=O) groups excluding carboxylic acids is 4. The van der Waals surface area contributed by atoms with E-state index in [1.165, 1.54) is 0 Å². The van der Waals surface area contributed by atoms with E-state index in [-0.39, 0.29) is 23.6 Å². The number of carbonyl (C=O) groups is 4. The SMILES string of the molecule is NNC(=O)CCCCCC(=O)NCCSSCCNC(=O)CCCCCC(=O)NN. The Morgan fingerprint density at radius 1 is 0.533 bits per heavy atom. The largest absolute Gasteiger partial charge is 0.355 e. The number of amides is 4. The average molecular weight is 465 g/mol. The predicted octanol–water partition coefficient (Wildman–Crippen LogP) is 0.481. The number of hydrogen-bond acceptors (Lipinski definition) is 8. The second-order valence-corrected chi connectivity index (χ2v) is 9.30. The topological polar surface area (TPSA) is 168 Å². The first-order chi connectivity index (χ1) is 14.5. The highest BCUT2D eigenvalue weighted by molar-refractivity contribution is 8.76. The van der Waals surface area contributed by atoms with E-state index in [4.69, 9.17) is 11.7 Å². The van der Waals surface area contributed by atoms with Gasteiger partial charge in [0.05, 0.1) is 0 Å². The van der Waals surface area contributed by atoms with Crippen LogP contribution >= 0.6 is 21.6 Å². The molecule has 0 aliphatic carbocycles. The Balaban J connectivity index is 3.34. The van der Waals surface area contributed by atoms with Crippen LogP contribution in [0.3, 0.4) is 0 Å². The Hall–Kier alpha value is -1.50. The van der Waals surface area contributed by atoms with Gasteiger partial charge in [-0.25, -0.2) is 11.7 Å². The lowest BCUT2D eigenvalue weighted by Gasteiger charge is -2.06. The van der Waals surface area contributed by atoms with Crippen LogP contribution in [0.2, 0.25) is 0 Å². The van der Waals surface area contributed by atoms with E-state index in [1.807, 2.05) is 0 Å². The van der Waals surface area contributed by atoms with E-state index in [2.05, 4.69) is 21.5 Å².